The second-order valence-corrected chi connectivity index (χ2v) is 2.89. The molecule has 0 aliphatic rings. The Bertz CT molecular complexity index is 314. The van der Waals surface area contributed by atoms with Crippen LogP contribution in [0.1, 0.15) is 11.3 Å². The van der Waals surface area contributed by atoms with Gasteiger partial charge in [0.15, 0.2) is 6.10 Å². The quantitative estimate of drug-likeness (QED) is 0.792. The Morgan fingerprint density at radius 1 is 1.50 bits per heavy atom. The van der Waals surface area contributed by atoms with Crippen LogP contribution in [0.25, 0.3) is 0 Å². The molecule has 0 radical (unpaired) electrons. The zero-order chi connectivity index (χ0) is 10.8. The summed E-state index contributed by atoms with van der Waals surface area (Å²) in [5.74, 6) is 0. The van der Waals surface area contributed by atoms with Gasteiger partial charge in [-0.1, -0.05) is 0 Å². The van der Waals surface area contributed by atoms with Gasteiger partial charge in [-0.05, 0) is 12.5 Å². The van der Waals surface area contributed by atoms with Crippen molar-refractivity contribution in [1.29, 1.82) is 0 Å². The lowest BCUT2D eigenvalue weighted by Crippen LogP contribution is -2.30. The summed E-state index contributed by atoms with van der Waals surface area (Å²) in [6.07, 6.45) is -4.93. The fourth-order valence-electron chi connectivity index (χ4n) is 0.944. The lowest BCUT2D eigenvalue weighted by molar-refractivity contribution is -0.203. The summed E-state index contributed by atoms with van der Waals surface area (Å²) in [6, 6.07) is 0. The molecule has 1 aromatic heterocycles. The minimum atomic E-state index is -4.59. The van der Waals surface area contributed by atoms with Crippen LogP contribution in [0.4, 0.5) is 13.2 Å². The fourth-order valence-corrected chi connectivity index (χ4v) is 0.944. The van der Waals surface area contributed by atoms with Crippen LogP contribution in [0.3, 0.4) is 0 Å². The maximum Gasteiger partial charge on any atom is 0.414 e. The monoisotopic (exact) mass is 206 g/mol. The zero-order valence-electron chi connectivity index (χ0n) is 7.41. The van der Waals surface area contributed by atoms with Gasteiger partial charge in [0.05, 0.1) is 0 Å². The maximum absolute atomic E-state index is 12.0. The van der Waals surface area contributed by atoms with Gasteiger partial charge in [-0.3, -0.25) is 0 Å². The van der Waals surface area contributed by atoms with E-state index in [1.807, 2.05) is 0 Å². The zero-order valence-corrected chi connectivity index (χ0v) is 7.41. The number of aliphatic hydroxyl groups is 1. The summed E-state index contributed by atoms with van der Waals surface area (Å²) in [5, 5.41) is 8.78. The molecule has 0 aliphatic carbocycles. The first-order valence-electron chi connectivity index (χ1n) is 3.91. The fraction of sp³-hybridized carbons (Fsp3) is 0.500. The van der Waals surface area contributed by atoms with Gasteiger partial charge < -0.3 is 5.11 Å². The Labute approximate surface area is 78.6 Å². The van der Waals surface area contributed by atoms with Gasteiger partial charge in [-0.25, -0.2) is 9.97 Å². The average molecular weight is 206 g/mol. The van der Waals surface area contributed by atoms with Gasteiger partial charge in [0.25, 0.3) is 0 Å². The van der Waals surface area contributed by atoms with Crippen molar-refractivity contribution in [3.05, 3.63) is 23.8 Å². The molecule has 1 rings (SSSR count). The molecule has 3 nitrogen and oxygen atoms in total. The first kappa shape index (κ1) is 10.9. The van der Waals surface area contributed by atoms with Crippen molar-refractivity contribution < 1.29 is 18.3 Å². The maximum atomic E-state index is 12.0. The van der Waals surface area contributed by atoms with Crippen molar-refractivity contribution in [2.24, 2.45) is 0 Å². The number of rotatable bonds is 2. The van der Waals surface area contributed by atoms with Crippen LogP contribution in [-0.2, 0) is 6.42 Å². The van der Waals surface area contributed by atoms with Gasteiger partial charge >= 0.3 is 6.18 Å². The van der Waals surface area contributed by atoms with E-state index in [0.717, 1.165) is 0 Å². The number of hydrogen-bond donors (Lipinski definition) is 1. The molecule has 0 aromatic carbocycles. The van der Waals surface area contributed by atoms with Crippen molar-refractivity contribution >= 4 is 0 Å². The number of nitrogens with zero attached hydrogens (tertiary/aromatic N) is 2. The Morgan fingerprint density at radius 3 is 2.64 bits per heavy atom. The molecule has 0 saturated carbocycles. The number of aliphatic hydroxyl groups excluding tert-OH is 1. The molecule has 1 N–H and O–H groups in total. The lowest BCUT2D eigenvalue weighted by Gasteiger charge is -2.14. The van der Waals surface area contributed by atoms with Crippen molar-refractivity contribution in [3.8, 4) is 0 Å². The first-order valence-corrected chi connectivity index (χ1v) is 3.91. The van der Waals surface area contributed by atoms with Crippen molar-refractivity contribution in [3.63, 3.8) is 0 Å². The van der Waals surface area contributed by atoms with Crippen LogP contribution in [0, 0.1) is 6.92 Å². The molecular weight excluding hydrogens is 197 g/mol. The number of halogens is 3. The topological polar surface area (TPSA) is 46.0 Å². The van der Waals surface area contributed by atoms with Gasteiger partial charge in [-0.15, -0.1) is 0 Å². The third kappa shape index (κ3) is 2.66. The largest absolute Gasteiger partial charge is 0.414 e. The highest BCUT2D eigenvalue weighted by atomic mass is 19.4. The molecule has 0 aliphatic heterocycles. The predicted octanol–water partition coefficient (Wildman–Crippen LogP) is 1.25. The highest BCUT2D eigenvalue weighted by Crippen LogP contribution is 2.23. The van der Waals surface area contributed by atoms with Crippen LogP contribution in [0.5, 0.6) is 0 Å². The molecule has 0 saturated heterocycles. The van der Waals surface area contributed by atoms with Gasteiger partial charge in [-0.2, -0.15) is 13.2 Å². The Hall–Kier alpha value is -1.17. The van der Waals surface area contributed by atoms with Crippen LogP contribution in [0.2, 0.25) is 0 Å². The molecule has 0 spiro atoms. The summed E-state index contributed by atoms with van der Waals surface area (Å²) >= 11 is 0. The Kier molecular flexibility index (Phi) is 3.05. The van der Waals surface area contributed by atoms with E-state index in [-0.39, 0.29) is 0 Å². The number of alkyl halides is 3. The van der Waals surface area contributed by atoms with Crippen LogP contribution < -0.4 is 0 Å². The van der Waals surface area contributed by atoms with E-state index in [1.54, 1.807) is 6.92 Å². The standard InChI is InChI=1S/C8H9F3N2O/c1-5-6(3-12-4-13-5)2-7(14)8(9,10)11/h3-4,7,14H,2H2,1H3. The molecule has 6 heteroatoms. The normalized spacial score (nSPS) is 14.1. The van der Waals surface area contributed by atoms with Crippen LogP contribution in [-0.4, -0.2) is 27.4 Å². The molecule has 1 aromatic rings. The summed E-state index contributed by atoms with van der Waals surface area (Å²) < 4.78 is 35.9. The summed E-state index contributed by atoms with van der Waals surface area (Å²) in [6.45, 7) is 1.57. The smallest absolute Gasteiger partial charge is 0.383 e. The van der Waals surface area contributed by atoms with E-state index < -0.39 is 18.7 Å². The Balaban J connectivity index is 2.75. The molecule has 0 bridgehead atoms. The second-order valence-electron chi connectivity index (χ2n) is 2.89. The van der Waals surface area contributed by atoms with Crippen molar-refractivity contribution in [2.45, 2.75) is 25.6 Å². The molecule has 0 fully saturated rings. The molecular formula is C8H9F3N2O. The number of aromatic nitrogens is 2. The van der Waals surface area contributed by atoms with Gasteiger partial charge in [0.1, 0.15) is 6.33 Å². The summed E-state index contributed by atoms with van der Waals surface area (Å²) in [4.78, 5) is 7.32. The van der Waals surface area contributed by atoms with Crippen molar-refractivity contribution in [2.75, 3.05) is 0 Å². The van der Waals surface area contributed by atoms with Crippen LogP contribution in [0.15, 0.2) is 12.5 Å². The van der Waals surface area contributed by atoms with E-state index in [4.69, 9.17) is 5.11 Å². The molecule has 1 heterocycles. The minimum absolute atomic E-state index is 0.303. The van der Waals surface area contributed by atoms with E-state index in [1.165, 1.54) is 12.5 Å². The van der Waals surface area contributed by atoms with Gasteiger partial charge in [0, 0.05) is 18.3 Å². The number of aryl methyl sites for hydroxylation is 1. The summed E-state index contributed by atoms with van der Waals surface area (Å²) in [7, 11) is 0. The van der Waals surface area contributed by atoms with E-state index >= 15 is 0 Å². The average Bonchev–Trinajstić information content (AvgIpc) is 2.07. The van der Waals surface area contributed by atoms with E-state index in [2.05, 4.69) is 9.97 Å². The number of hydrogen-bond acceptors (Lipinski definition) is 3. The minimum Gasteiger partial charge on any atom is -0.383 e. The Morgan fingerprint density at radius 2 is 2.14 bits per heavy atom. The highest BCUT2D eigenvalue weighted by molar-refractivity contribution is 5.15. The predicted molar refractivity (Wildman–Crippen MR) is 42.5 cm³/mol. The summed E-state index contributed by atoms with van der Waals surface area (Å²) in [5.41, 5.74) is 0.751. The third-order valence-electron chi connectivity index (χ3n) is 1.80. The van der Waals surface area contributed by atoms with Crippen molar-refractivity contribution in [1.82, 2.24) is 9.97 Å². The highest BCUT2D eigenvalue weighted by Gasteiger charge is 2.38. The van der Waals surface area contributed by atoms with E-state index in [9.17, 15) is 13.2 Å². The molecule has 1 unspecified atom stereocenters. The molecule has 14 heavy (non-hydrogen) atoms. The SMILES string of the molecule is Cc1ncncc1CC(O)C(F)(F)F. The van der Waals surface area contributed by atoms with Crippen LogP contribution >= 0.6 is 0 Å². The molecule has 1 atom stereocenters. The van der Waals surface area contributed by atoms with E-state index in [0.29, 0.717) is 11.3 Å². The third-order valence-corrected chi connectivity index (χ3v) is 1.80. The second kappa shape index (κ2) is 3.91. The molecule has 0 amide bonds. The van der Waals surface area contributed by atoms with Gasteiger partial charge in [0.2, 0.25) is 0 Å². The molecule has 78 valence electrons. The lowest BCUT2D eigenvalue weighted by atomic mass is 10.1. The first-order chi connectivity index (χ1) is 6.41.